The number of hydrogen-bond donors (Lipinski definition) is 1. The second-order valence-electron chi connectivity index (χ2n) is 6.74. The van der Waals surface area contributed by atoms with Crippen LogP contribution in [0.15, 0.2) is 46.2 Å². The molecular formula is C20H22Cl2N2O4S2. The summed E-state index contributed by atoms with van der Waals surface area (Å²) >= 11 is 13.3. The number of methoxy groups -OCH3 is 1. The lowest BCUT2D eigenvalue weighted by molar-refractivity contribution is -0.113. The fourth-order valence-corrected chi connectivity index (χ4v) is 6.12. The molecular weight excluding hydrogens is 467 g/mol. The molecule has 30 heavy (non-hydrogen) atoms. The Morgan fingerprint density at radius 1 is 1.13 bits per heavy atom. The molecule has 1 heterocycles. The molecule has 1 N–H and O–H groups in total. The highest BCUT2D eigenvalue weighted by Gasteiger charge is 2.29. The van der Waals surface area contributed by atoms with Crippen LogP contribution in [0.1, 0.15) is 19.3 Å². The highest BCUT2D eigenvalue weighted by atomic mass is 35.5. The summed E-state index contributed by atoms with van der Waals surface area (Å²) in [6.07, 6.45) is 2.69. The summed E-state index contributed by atoms with van der Waals surface area (Å²) in [4.78, 5) is 13.1. The number of nitrogens with one attached hydrogen (secondary N) is 1. The fraction of sp³-hybridized carbons (Fsp3) is 0.350. The lowest BCUT2D eigenvalue weighted by Gasteiger charge is -2.26. The number of hydrogen-bond acceptors (Lipinski definition) is 5. The van der Waals surface area contributed by atoms with E-state index in [-0.39, 0.29) is 22.3 Å². The zero-order valence-electron chi connectivity index (χ0n) is 16.4. The Kier molecular flexibility index (Phi) is 7.92. The zero-order chi connectivity index (χ0) is 21.7. The lowest BCUT2D eigenvalue weighted by atomic mass is 10.2. The van der Waals surface area contributed by atoms with Gasteiger partial charge in [-0.05, 0) is 49.2 Å². The summed E-state index contributed by atoms with van der Waals surface area (Å²) in [5, 5.41) is 3.78. The Bertz CT molecular complexity index is 1030. The van der Waals surface area contributed by atoms with Gasteiger partial charge in [0.05, 0.1) is 17.9 Å². The molecule has 0 aromatic heterocycles. The SMILES string of the molecule is COc1ccc(NC(=O)CSc2cc(Cl)ccc2Cl)cc1S(=O)(=O)N1CCCCC1. The second-order valence-corrected chi connectivity index (χ2v) is 10.5. The Hall–Kier alpha value is -1.45. The Labute approximate surface area is 190 Å². The molecule has 1 aliphatic rings. The van der Waals surface area contributed by atoms with E-state index in [1.54, 1.807) is 30.3 Å². The van der Waals surface area contributed by atoms with E-state index in [9.17, 15) is 13.2 Å². The van der Waals surface area contributed by atoms with Gasteiger partial charge in [-0.15, -0.1) is 11.8 Å². The molecule has 0 unspecified atom stereocenters. The van der Waals surface area contributed by atoms with Crippen LogP contribution < -0.4 is 10.1 Å². The van der Waals surface area contributed by atoms with Gasteiger partial charge in [0.15, 0.2) is 0 Å². The minimum absolute atomic E-state index is 0.0511. The first-order chi connectivity index (χ1) is 14.3. The number of piperidine rings is 1. The Morgan fingerprint density at radius 2 is 1.87 bits per heavy atom. The topological polar surface area (TPSA) is 75.7 Å². The van der Waals surface area contributed by atoms with E-state index in [2.05, 4.69) is 5.32 Å². The molecule has 2 aromatic rings. The van der Waals surface area contributed by atoms with E-state index < -0.39 is 10.0 Å². The average Bonchev–Trinajstić information content (AvgIpc) is 2.75. The van der Waals surface area contributed by atoms with Crippen LogP contribution in [0.3, 0.4) is 0 Å². The van der Waals surface area contributed by atoms with Crippen LogP contribution >= 0.6 is 35.0 Å². The van der Waals surface area contributed by atoms with E-state index in [4.69, 9.17) is 27.9 Å². The van der Waals surface area contributed by atoms with Crippen LogP contribution in [-0.2, 0) is 14.8 Å². The molecule has 10 heteroatoms. The minimum Gasteiger partial charge on any atom is -0.495 e. The maximum absolute atomic E-state index is 13.1. The summed E-state index contributed by atoms with van der Waals surface area (Å²) in [5.41, 5.74) is 0.383. The first kappa shape index (κ1) is 23.2. The molecule has 1 amide bonds. The molecule has 0 aliphatic carbocycles. The number of carbonyl (C=O) groups is 1. The third-order valence-corrected chi connectivity index (χ3v) is 8.28. The standard InChI is InChI=1S/C20H22Cl2N2O4S2/c1-28-17-8-6-15(12-19(17)30(26,27)24-9-3-2-4-10-24)23-20(25)13-29-18-11-14(21)5-7-16(18)22/h5-8,11-12H,2-4,9-10,13H2,1H3,(H,23,25). The average molecular weight is 489 g/mol. The van der Waals surface area contributed by atoms with Gasteiger partial charge in [-0.3, -0.25) is 4.79 Å². The van der Waals surface area contributed by atoms with Crippen molar-refractivity contribution in [3.63, 3.8) is 0 Å². The molecule has 0 bridgehead atoms. The maximum Gasteiger partial charge on any atom is 0.246 e. The largest absolute Gasteiger partial charge is 0.495 e. The molecule has 162 valence electrons. The van der Waals surface area contributed by atoms with Gasteiger partial charge in [0.25, 0.3) is 0 Å². The summed E-state index contributed by atoms with van der Waals surface area (Å²) in [6, 6.07) is 9.65. The predicted molar refractivity (Wildman–Crippen MR) is 121 cm³/mol. The number of halogens is 2. The fourth-order valence-electron chi connectivity index (χ4n) is 3.13. The zero-order valence-corrected chi connectivity index (χ0v) is 19.5. The molecule has 3 rings (SSSR count). The maximum atomic E-state index is 13.1. The van der Waals surface area contributed by atoms with Crippen molar-refractivity contribution in [3.8, 4) is 5.75 Å². The van der Waals surface area contributed by atoms with E-state index in [0.717, 1.165) is 19.3 Å². The van der Waals surface area contributed by atoms with Crippen LogP contribution in [0.4, 0.5) is 5.69 Å². The third-order valence-electron chi connectivity index (χ3n) is 4.63. The molecule has 0 spiro atoms. The molecule has 1 fully saturated rings. The number of thioether (sulfide) groups is 1. The predicted octanol–water partition coefficient (Wildman–Crippen LogP) is 4.91. The number of ether oxygens (including phenoxy) is 1. The molecule has 0 saturated carbocycles. The van der Waals surface area contributed by atoms with Gasteiger partial charge in [-0.2, -0.15) is 4.31 Å². The van der Waals surface area contributed by atoms with E-state index in [1.165, 1.54) is 29.2 Å². The van der Waals surface area contributed by atoms with Crippen LogP contribution in [0.5, 0.6) is 5.75 Å². The molecule has 1 saturated heterocycles. The van der Waals surface area contributed by atoms with Gasteiger partial charge in [0, 0.05) is 28.7 Å². The first-order valence-electron chi connectivity index (χ1n) is 9.37. The summed E-state index contributed by atoms with van der Waals surface area (Å²) in [5.74, 6) is 0.0570. The molecule has 0 radical (unpaired) electrons. The second kappa shape index (κ2) is 10.2. The van der Waals surface area contributed by atoms with Crippen LogP contribution in [0.25, 0.3) is 0 Å². The van der Waals surface area contributed by atoms with E-state index >= 15 is 0 Å². The normalized spacial score (nSPS) is 15.0. The summed E-state index contributed by atoms with van der Waals surface area (Å²) in [6.45, 7) is 0.970. The van der Waals surface area contributed by atoms with Crippen LogP contribution in [0, 0.1) is 0 Å². The Morgan fingerprint density at radius 3 is 2.57 bits per heavy atom. The van der Waals surface area contributed by atoms with Gasteiger partial charge >= 0.3 is 0 Å². The highest BCUT2D eigenvalue weighted by molar-refractivity contribution is 8.00. The van der Waals surface area contributed by atoms with E-state index in [1.807, 2.05) is 0 Å². The van der Waals surface area contributed by atoms with Gasteiger partial charge in [-0.25, -0.2) is 8.42 Å². The van der Waals surface area contributed by atoms with Crippen molar-refractivity contribution >= 4 is 56.6 Å². The summed E-state index contributed by atoms with van der Waals surface area (Å²) in [7, 11) is -2.28. The Balaban J connectivity index is 1.74. The van der Waals surface area contributed by atoms with E-state index in [0.29, 0.717) is 33.7 Å². The van der Waals surface area contributed by atoms with Gasteiger partial charge in [-0.1, -0.05) is 29.6 Å². The third kappa shape index (κ3) is 5.62. The van der Waals surface area contributed by atoms with Crippen molar-refractivity contribution in [2.45, 2.75) is 29.1 Å². The minimum atomic E-state index is -3.71. The number of anilines is 1. The van der Waals surface area contributed by atoms with Crippen LogP contribution in [0.2, 0.25) is 10.0 Å². The number of amides is 1. The van der Waals surface area contributed by atoms with Crippen molar-refractivity contribution in [3.05, 3.63) is 46.4 Å². The van der Waals surface area contributed by atoms with Crippen LogP contribution in [-0.4, -0.2) is 44.6 Å². The van der Waals surface area contributed by atoms with Gasteiger partial charge in [0.2, 0.25) is 15.9 Å². The van der Waals surface area contributed by atoms with Gasteiger partial charge < -0.3 is 10.1 Å². The number of rotatable bonds is 7. The van der Waals surface area contributed by atoms with Gasteiger partial charge in [0.1, 0.15) is 10.6 Å². The number of sulfonamides is 1. The smallest absolute Gasteiger partial charge is 0.246 e. The molecule has 1 aliphatic heterocycles. The molecule has 6 nitrogen and oxygen atoms in total. The number of benzene rings is 2. The summed E-state index contributed by atoms with van der Waals surface area (Å²) < 4.78 is 32.9. The lowest BCUT2D eigenvalue weighted by Crippen LogP contribution is -2.35. The van der Waals surface area contributed by atoms with Crippen molar-refractivity contribution in [2.75, 3.05) is 31.3 Å². The van der Waals surface area contributed by atoms with Crippen molar-refractivity contribution in [1.82, 2.24) is 4.31 Å². The molecule has 2 aromatic carbocycles. The van der Waals surface area contributed by atoms with Crippen molar-refractivity contribution in [1.29, 1.82) is 0 Å². The monoisotopic (exact) mass is 488 g/mol. The molecule has 0 atom stereocenters. The van der Waals surface area contributed by atoms with Crippen molar-refractivity contribution < 1.29 is 17.9 Å². The first-order valence-corrected chi connectivity index (χ1v) is 12.6. The van der Waals surface area contributed by atoms with Crippen molar-refractivity contribution in [2.24, 2.45) is 0 Å². The number of carbonyl (C=O) groups excluding carboxylic acids is 1. The number of nitrogens with zero attached hydrogens (tertiary/aromatic N) is 1. The highest BCUT2D eigenvalue weighted by Crippen LogP contribution is 2.32. The quantitative estimate of drug-likeness (QED) is 0.560.